The fourth-order valence-electron chi connectivity index (χ4n) is 3.14. The van der Waals surface area contributed by atoms with Gasteiger partial charge in [-0.2, -0.15) is 14.5 Å². The maximum Gasteiger partial charge on any atom is 0.369 e. The molecule has 11 heteroatoms. The van der Waals surface area contributed by atoms with E-state index >= 15 is 0 Å². The van der Waals surface area contributed by atoms with Crippen LogP contribution in [0.2, 0.25) is 0 Å². The molecule has 1 aliphatic rings. The zero-order chi connectivity index (χ0) is 19.8. The first-order valence-electron chi connectivity index (χ1n) is 8.74. The molecule has 5 heterocycles. The van der Waals surface area contributed by atoms with Crippen molar-refractivity contribution in [2.75, 3.05) is 0 Å². The molecule has 1 amide bonds. The lowest BCUT2D eigenvalue weighted by Gasteiger charge is -2.19. The largest absolute Gasteiger partial charge is 0.467 e. The summed E-state index contributed by atoms with van der Waals surface area (Å²) in [4.78, 5) is 25.5. The number of carbonyl (C=O) groups is 1. The van der Waals surface area contributed by atoms with E-state index in [0.29, 0.717) is 28.7 Å². The molecule has 0 N–H and O–H groups in total. The van der Waals surface area contributed by atoms with E-state index in [4.69, 9.17) is 8.83 Å². The van der Waals surface area contributed by atoms with Crippen molar-refractivity contribution in [1.29, 1.82) is 0 Å². The minimum atomic E-state index is -0.496. The lowest BCUT2D eigenvalue weighted by Crippen LogP contribution is -2.34. The highest BCUT2D eigenvalue weighted by Crippen LogP contribution is 2.33. The van der Waals surface area contributed by atoms with Crippen LogP contribution in [0.3, 0.4) is 0 Å². The second kappa shape index (κ2) is 7.02. The van der Waals surface area contributed by atoms with Gasteiger partial charge >= 0.3 is 5.69 Å². The van der Waals surface area contributed by atoms with Crippen LogP contribution in [0, 0.1) is 0 Å². The predicted molar refractivity (Wildman–Crippen MR) is 102 cm³/mol. The number of hydrogen-bond donors (Lipinski definition) is 0. The number of rotatable bonds is 5. The second-order valence-electron chi connectivity index (χ2n) is 6.28. The summed E-state index contributed by atoms with van der Waals surface area (Å²) >= 11 is 1.35. The Hall–Kier alpha value is -3.73. The molecule has 1 aliphatic heterocycles. The minimum Gasteiger partial charge on any atom is -0.467 e. The van der Waals surface area contributed by atoms with E-state index in [1.807, 2.05) is 5.38 Å². The summed E-state index contributed by atoms with van der Waals surface area (Å²) in [7, 11) is 0. The van der Waals surface area contributed by atoms with Crippen LogP contribution in [0.15, 0.2) is 73.0 Å². The van der Waals surface area contributed by atoms with Gasteiger partial charge in [0.2, 0.25) is 0 Å². The fourth-order valence-corrected chi connectivity index (χ4v) is 3.81. The van der Waals surface area contributed by atoms with Crippen LogP contribution >= 0.6 is 11.3 Å². The summed E-state index contributed by atoms with van der Waals surface area (Å²) in [6, 6.07) is 10.2. The molecule has 10 nitrogen and oxygen atoms in total. The van der Waals surface area contributed by atoms with Gasteiger partial charge in [-0.3, -0.25) is 4.79 Å². The van der Waals surface area contributed by atoms with Gasteiger partial charge in [-0.1, -0.05) is 0 Å². The Morgan fingerprint density at radius 3 is 2.72 bits per heavy atom. The van der Waals surface area contributed by atoms with Crippen LogP contribution in [0.25, 0.3) is 5.00 Å². The first kappa shape index (κ1) is 17.4. The zero-order valence-electron chi connectivity index (χ0n) is 14.9. The average Bonchev–Trinajstić information content (AvgIpc) is 3.52. The van der Waals surface area contributed by atoms with E-state index in [1.54, 1.807) is 48.9 Å². The van der Waals surface area contributed by atoms with Crippen molar-refractivity contribution in [2.45, 2.75) is 19.0 Å². The number of furan rings is 2. The number of carbonyl (C=O) groups excluding carboxylic acids is 1. The molecule has 0 fully saturated rings. The van der Waals surface area contributed by atoms with Gasteiger partial charge in [0.05, 0.1) is 12.5 Å². The van der Waals surface area contributed by atoms with Crippen LogP contribution in [0.5, 0.6) is 0 Å². The normalized spacial score (nSPS) is 16.3. The number of hydrazone groups is 1. The first-order chi connectivity index (χ1) is 14.2. The van der Waals surface area contributed by atoms with Gasteiger partial charge in [0.1, 0.15) is 34.8 Å². The van der Waals surface area contributed by atoms with Gasteiger partial charge in [-0.15, -0.1) is 11.3 Å². The molecule has 0 bridgehead atoms. The van der Waals surface area contributed by atoms with E-state index in [2.05, 4.69) is 15.5 Å². The standard InChI is InChI=1S/C18H14N6O4S/c25-16(11-22-18(26)24(21-20-22)17-6-3-9-29-17)23-13(15-5-2-8-28-15)10-12(19-23)14-4-1-7-27-14/h1-9,13H,10-11H2. The van der Waals surface area contributed by atoms with Crippen molar-refractivity contribution in [3.63, 3.8) is 0 Å². The topological polar surface area (TPSA) is 112 Å². The van der Waals surface area contributed by atoms with Crippen LogP contribution in [0.4, 0.5) is 0 Å². The summed E-state index contributed by atoms with van der Waals surface area (Å²) < 4.78 is 13.1. The van der Waals surface area contributed by atoms with Crippen LogP contribution in [-0.2, 0) is 11.3 Å². The third-order valence-electron chi connectivity index (χ3n) is 4.48. The molecular formula is C18H14N6O4S. The van der Waals surface area contributed by atoms with E-state index in [-0.39, 0.29) is 6.54 Å². The summed E-state index contributed by atoms with van der Waals surface area (Å²) in [5.41, 5.74) is 0.129. The highest BCUT2D eigenvalue weighted by Gasteiger charge is 2.36. The summed E-state index contributed by atoms with van der Waals surface area (Å²) in [6.07, 6.45) is 3.52. The van der Waals surface area contributed by atoms with Crippen molar-refractivity contribution in [2.24, 2.45) is 5.10 Å². The third-order valence-corrected chi connectivity index (χ3v) is 5.33. The van der Waals surface area contributed by atoms with Crippen molar-refractivity contribution in [1.82, 2.24) is 24.8 Å². The van der Waals surface area contributed by atoms with Gasteiger partial charge in [0.25, 0.3) is 5.91 Å². The van der Waals surface area contributed by atoms with Crippen molar-refractivity contribution in [3.8, 4) is 5.00 Å². The Morgan fingerprint density at radius 2 is 2.00 bits per heavy atom. The Morgan fingerprint density at radius 1 is 1.14 bits per heavy atom. The van der Waals surface area contributed by atoms with Crippen molar-refractivity contribution in [3.05, 3.63) is 76.3 Å². The third kappa shape index (κ3) is 3.10. The number of nitrogens with zero attached hydrogens (tertiary/aromatic N) is 6. The average molecular weight is 410 g/mol. The van der Waals surface area contributed by atoms with Crippen LogP contribution in [0.1, 0.15) is 24.0 Å². The Bertz CT molecular complexity index is 1200. The molecule has 0 saturated carbocycles. The quantitative estimate of drug-likeness (QED) is 0.498. The maximum absolute atomic E-state index is 13.0. The van der Waals surface area contributed by atoms with Crippen LogP contribution in [-0.4, -0.2) is 36.4 Å². The molecule has 0 spiro atoms. The molecular weight excluding hydrogens is 396 g/mol. The summed E-state index contributed by atoms with van der Waals surface area (Å²) in [6.45, 7) is -0.295. The van der Waals surface area contributed by atoms with Gasteiger partial charge < -0.3 is 8.83 Å². The smallest absolute Gasteiger partial charge is 0.369 e. The Balaban J connectivity index is 1.43. The number of tetrazole rings is 1. The molecule has 0 aromatic carbocycles. The number of thiophene rings is 1. The monoisotopic (exact) mass is 410 g/mol. The lowest BCUT2D eigenvalue weighted by atomic mass is 10.1. The zero-order valence-corrected chi connectivity index (χ0v) is 15.7. The highest BCUT2D eigenvalue weighted by atomic mass is 32.1. The molecule has 1 unspecified atom stereocenters. The predicted octanol–water partition coefficient (Wildman–Crippen LogP) is 2.05. The maximum atomic E-state index is 13.0. The molecule has 146 valence electrons. The second-order valence-corrected chi connectivity index (χ2v) is 7.21. The highest BCUT2D eigenvalue weighted by molar-refractivity contribution is 7.12. The molecule has 1 atom stereocenters. The van der Waals surface area contributed by atoms with Gasteiger partial charge in [-0.25, -0.2) is 9.80 Å². The molecule has 5 rings (SSSR count). The van der Waals surface area contributed by atoms with E-state index in [9.17, 15) is 9.59 Å². The van der Waals surface area contributed by atoms with Crippen molar-refractivity contribution >= 4 is 23.0 Å². The number of amides is 1. The number of hydrogen-bond acceptors (Lipinski definition) is 8. The fraction of sp³-hybridized carbons (Fsp3) is 0.167. The number of aromatic nitrogens is 4. The molecule has 0 aliphatic carbocycles. The van der Waals surface area contributed by atoms with Gasteiger partial charge in [0, 0.05) is 6.42 Å². The van der Waals surface area contributed by atoms with Gasteiger partial charge in [0.15, 0.2) is 0 Å². The molecule has 0 radical (unpaired) electrons. The molecule has 29 heavy (non-hydrogen) atoms. The van der Waals surface area contributed by atoms with Crippen molar-refractivity contribution < 1.29 is 13.6 Å². The van der Waals surface area contributed by atoms with E-state index in [1.165, 1.54) is 16.3 Å². The Kier molecular flexibility index (Phi) is 4.21. The molecule has 0 saturated heterocycles. The summed E-state index contributed by atoms with van der Waals surface area (Å²) in [5.74, 6) is 0.768. The van der Waals surface area contributed by atoms with Crippen LogP contribution < -0.4 is 5.69 Å². The molecule has 4 aromatic heterocycles. The summed E-state index contributed by atoms with van der Waals surface area (Å²) in [5, 5.41) is 15.9. The lowest BCUT2D eigenvalue weighted by molar-refractivity contribution is -0.134. The SMILES string of the molecule is O=C(Cn1nnn(-c2cccs2)c1=O)N1N=C(c2ccco2)CC1c1ccco1. The molecule has 4 aromatic rings. The van der Waals surface area contributed by atoms with E-state index in [0.717, 1.165) is 9.36 Å². The first-order valence-corrected chi connectivity index (χ1v) is 9.62. The minimum absolute atomic E-state index is 0.295. The van der Waals surface area contributed by atoms with E-state index < -0.39 is 17.6 Å². The van der Waals surface area contributed by atoms with Gasteiger partial charge in [-0.05, 0) is 52.2 Å². The Labute approximate surface area is 167 Å².